The Balaban J connectivity index is 2.07. The second-order valence-corrected chi connectivity index (χ2v) is 5.62. The molecule has 4 N–H and O–H groups in total. The molecule has 1 aromatic heterocycles. The zero-order valence-electron chi connectivity index (χ0n) is 12.0. The molecule has 0 fully saturated rings. The van der Waals surface area contributed by atoms with Gasteiger partial charge in [0.25, 0.3) is 0 Å². The Hall–Kier alpha value is -2.05. The molecule has 0 aliphatic heterocycles. The second-order valence-electron chi connectivity index (χ2n) is 4.64. The molecule has 2 rings (SSSR count). The first-order valence-electron chi connectivity index (χ1n) is 6.57. The van der Waals surface area contributed by atoms with Crippen LogP contribution in [0.5, 0.6) is 5.75 Å². The van der Waals surface area contributed by atoms with Crippen LogP contribution >= 0.6 is 11.3 Å². The summed E-state index contributed by atoms with van der Waals surface area (Å²) in [7, 11) is 1.56. The third-order valence-electron chi connectivity index (χ3n) is 3.23. The number of nitrogens with one attached hydrogen (secondary N) is 1. The van der Waals surface area contributed by atoms with Crippen LogP contribution in [0.2, 0.25) is 0 Å². The number of hydrogen-bond acceptors (Lipinski definition) is 5. The van der Waals surface area contributed by atoms with E-state index < -0.39 is 0 Å². The van der Waals surface area contributed by atoms with Gasteiger partial charge in [0, 0.05) is 17.5 Å². The molecule has 0 saturated heterocycles. The Morgan fingerprint density at radius 2 is 2.29 bits per heavy atom. The highest BCUT2D eigenvalue weighted by Crippen LogP contribution is 2.22. The number of methoxy groups -OCH3 is 1. The molecule has 0 unspecified atom stereocenters. The van der Waals surface area contributed by atoms with E-state index in [-0.39, 0.29) is 5.84 Å². The molecule has 0 bridgehead atoms. The minimum atomic E-state index is 0.0401. The highest BCUT2D eigenvalue weighted by Gasteiger charge is 2.10. The van der Waals surface area contributed by atoms with Crippen LogP contribution in [0, 0.1) is 0 Å². The summed E-state index contributed by atoms with van der Waals surface area (Å²) in [5.41, 5.74) is 7.27. The van der Waals surface area contributed by atoms with Crippen molar-refractivity contribution in [3.8, 4) is 5.75 Å². The van der Waals surface area contributed by atoms with E-state index in [9.17, 15) is 0 Å². The fourth-order valence-electron chi connectivity index (χ4n) is 2.02. The topological polar surface area (TPSA) is 79.9 Å². The maximum Gasteiger partial charge on any atom is 0.173 e. The zero-order valence-corrected chi connectivity index (χ0v) is 12.9. The van der Waals surface area contributed by atoms with Gasteiger partial charge in [0.1, 0.15) is 5.75 Å². The smallest absolute Gasteiger partial charge is 0.173 e. The van der Waals surface area contributed by atoms with Gasteiger partial charge in [0.15, 0.2) is 5.84 Å². The van der Waals surface area contributed by atoms with Gasteiger partial charge in [-0.3, -0.25) is 0 Å². The van der Waals surface area contributed by atoms with Crippen LogP contribution in [0.25, 0.3) is 0 Å². The average Bonchev–Trinajstić information content (AvgIpc) is 3.06. The molecule has 0 saturated carbocycles. The lowest BCUT2D eigenvalue weighted by atomic mass is 10.1. The maximum atomic E-state index is 8.76. The molecule has 6 heteroatoms. The lowest BCUT2D eigenvalue weighted by Gasteiger charge is -2.14. The standard InChI is InChI=1S/C15H19N3O2S/c1-10(14-4-3-7-21-14)17-9-11-5-6-12(15(16)18-19)13(8-11)20-2/h3-8,10,17,19H,9H2,1-2H3,(H2,16,18)/t10-/m1/s1. The summed E-state index contributed by atoms with van der Waals surface area (Å²) in [6.45, 7) is 2.85. The lowest BCUT2D eigenvalue weighted by Crippen LogP contribution is -2.18. The number of benzene rings is 1. The molecule has 112 valence electrons. The summed E-state index contributed by atoms with van der Waals surface area (Å²) in [6, 6.07) is 10.1. The van der Waals surface area contributed by atoms with Crippen molar-refractivity contribution < 1.29 is 9.94 Å². The minimum absolute atomic E-state index is 0.0401. The summed E-state index contributed by atoms with van der Waals surface area (Å²) in [5.74, 6) is 0.631. The second kappa shape index (κ2) is 7.10. The van der Waals surface area contributed by atoms with Gasteiger partial charge in [-0.25, -0.2) is 0 Å². The van der Waals surface area contributed by atoms with Crippen molar-refractivity contribution in [2.75, 3.05) is 7.11 Å². The lowest BCUT2D eigenvalue weighted by molar-refractivity contribution is 0.318. The van der Waals surface area contributed by atoms with Crippen molar-refractivity contribution in [1.82, 2.24) is 5.32 Å². The first-order chi connectivity index (χ1) is 10.2. The van der Waals surface area contributed by atoms with Crippen LogP contribution in [0.1, 0.15) is 29.0 Å². The molecular formula is C15H19N3O2S. The first kappa shape index (κ1) is 15.3. The molecule has 2 aromatic rings. The van der Waals surface area contributed by atoms with E-state index in [1.54, 1.807) is 24.5 Å². The minimum Gasteiger partial charge on any atom is -0.496 e. The number of amidine groups is 1. The number of thiophene rings is 1. The van der Waals surface area contributed by atoms with E-state index in [0.29, 0.717) is 23.9 Å². The van der Waals surface area contributed by atoms with Gasteiger partial charge in [-0.15, -0.1) is 11.3 Å². The summed E-state index contributed by atoms with van der Waals surface area (Å²) in [4.78, 5) is 1.30. The molecule has 1 heterocycles. The normalized spacial score (nSPS) is 13.1. The molecule has 1 aromatic carbocycles. The van der Waals surface area contributed by atoms with Crippen LogP contribution in [-0.2, 0) is 6.54 Å². The fourth-order valence-corrected chi connectivity index (χ4v) is 2.78. The summed E-state index contributed by atoms with van der Waals surface area (Å²) < 4.78 is 5.29. The van der Waals surface area contributed by atoms with Crippen LogP contribution in [0.4, 0.5) is 0 Å². The number of nitrogens with zero attached hydrogens (tertiary/aromatic N) is 1. The van der Waals surface area contributed by atoms with E-state index in [1.165, 1.54) is 4.88 Å². The number of oxime groups is 1. The SMILES string of the molecule is COc1cc(CN[C@H](C)c2cccs2)ccc1/C(N)=N/O. The monoisotopic (exact) mass is 305 g/mol. The van der Waals surface area contributed by atoms with Crippen LogP contribution in [-0.4, -0.2) is 18.2 Å². The van der Waals surface area contributed by atoms with Gasteiger partial charge in [0.2, 0.25) is 0 Å². The van der Waals surface area contributed by atoms with E-state index in [4.69, 9.17) is 15.7 Å². The van der Waals surface area contributed by atoms with Crippen LogP contribution < -0.4 is 15.8 Å². The molecule has 1 atom stereocenters. The quantitative estimate of drug-likeness (QED) is 0.332. The third kappa shape index (κ3) is 3.74. The van der Waals surface area contributed by atoms with Gasteiger partial charge in [-0.05, 0) is 36.1 Å². The summed E-state index contributed by atoms with van der Waals surface area (Å²) in [6.07, 6.45) is 0. The van der Waals surface area contributed by atoms with Gasteiger partial charge in [-0.2, -0.15) is 0 Å². The van der Waals surface area contributed by atoms with Crippen molar-refractivity contribution in [2.45, 2.75) is 19.5 Å². The van der Waals surface area contributed by atoms with E-state index in [2.05, 4.69) is 28.8 Å². The van der Waals surface area contributed by atoms with Crippen LogP contribution in [0.3, 0.4) is 0 Å². The average molecular weight is 305 g/mol. The predicted molar refractivity (Wildman–Crippen MR) is 85.1 cm³/mol. The Morgan fingerprint density at radius 1 is 1.48 bits per heavy atom. The van der Waals surface area contributed by atoms with E-state index in [1.807, 2.05) is 18.2 Å². The maximum absolute atomic E-state index is 8.76. The highest BCUT2D eigenvalue weighted by molar-refractivity contribution is 7.10. The van der Waals surface area contributed by atoms with Gasteiger partial charge >= 0.3 is 0 Å². The Morgan fingerprint density at radius 3 is 2.90 bits per heavy atom. The molecule has 0 spiro atoms. The van der Waals surface area contributed by atoms with E-state index in [0.717, 1.165) is 5.56 Å². The molecule has 5 nitrogen and oxygen atoms in total. The van der Waals surface area contributed by atoms with Crippen LogP contribution in [0.15, 0.2) is 40.9 Å². The van der Waals surface area contributed by atoms with Crippen molar-refractivity contribution in [1.29, 1.82) is 0 Å². The van der Waals surface area contributed by atoms with Gasteiger partial charge in [0.05, 0.1) is 12.7 Å². The first-order valence-corrected chi connectivity index (χ1v) is 7.45. The molecular weight excluding hydrogens is 286 g/mol. The molecule has 0 radical (unpaired) electrons. The molecule has 0 aliphatic rings. The largest absolute Gasteiger partial charge is 0.496 e. The number of rotatable bonds is 6. The highest BCUT2D eigenvalue weighted by atomic mass is 32.1. The van der Waals surface area contributed by atoms with Crippen molar-refractivity contribution in [2.24, 2.45) is 10.9 Å². The summed E-state index contributed by atoms with van der Waals surface area (Å²) >= 11 is 1.74. The van der Waals surface area contributed by atoms with E-state index >= 15 is 0 Å². The van der Waals surface area contributed by atoms with Crippen molar-refractivity contribution >= 4 is 17.2 Å². The number of ether oxygens (including phenoxy) is 1. The number of nitrogens with two attached hydrogens (primary N) is 1. The Labute approximate surface area is 128 Å². The predicted octanol–water partition coefficient (Wildman–Crippen LogP) is 2.70. The molecule has 0 aliphatic carbocycles. The Kier molecular flexibility index (Phi) is 5.19. The zero-order chi connectivity index (χ0) is 15.2. The fraction of sp³-hybridized carbons (Fsp3) is 0.267. The van der Waals surface area contributed by atoms with Crippen molar-refractivity contribution in [3.63, 3.8) is 0 Å². The summed E-state index contributed by atoms with van der Waals surface area (Å²) in [5, 5.41) is 17.3. The number of hydrogen-bond donors (Lipinski definition) is 3. The van der Waals surface area contributed by atoms with Gasteiger partial charge < -0.3 is 21.0 Å². The van der Waals surface area contributed by atoms with Gasteiger partial charge in [-0.1, -0.05) is 17.3 Å². The van der Waals surface area contributed by atoms with Crippen molar-refractivity contribution in [3.05, 3.63) is 51.7 Å². The Bertz CT molecular complexity index is 611. The molecule has 21 heavy (non-hydrogen) atoms. The molecule has 0 amide bonds. The third-order valence-corrected chi connectivity index (χ3v) is 4.29.